The summed E-state index contributed by atoms with van der Waals surface area (Å²) in [6, 6.07) is 14.3. The van der Waals surface area contributed by atoms with Crippen LogP contribution in [0.4, 0.5) is 17.1 Å². The number of carbonyl (C=O) groups is 1. The lowest BCUT2D eigenvalue weighted by Crippen LogP contribution is -2.43. The molecule has 0 radical (unpaired) electrons. The number of hydrogen-bond acceptors (Lipinski definition) is 2. The van der Waals surface area contributed by atoms with Crippen LogP contribution in [0.3, 0.4) is 0 Å². The number of rotatable bonds is 0. The van der Waals surface area contributed by atoms with Crippen LogP contribution in [0.2, 0.25) is 0 Å². The van der Waals surface area contributed by atoms with Crippen LogP contribution < -0.4 is 10.2 Å². The monoisotopic (exact) mass is 250 g/mol. The minimum Gasteiger partial charge on any atom is -0.327 e. The Hall–Kier alpha value is -2.29. The molecular formula is C16H14N2O. The molecule has 2 aliphatic heterocycles. The number of benzene rings is 2. The van der Waals surface area contributed by atoms with Crippen LogP contribution in [0.25, 0.3) is 0 Å². The highest BCUT2D eigenvalue weighted by Crippen LogP contribution is 2.44. The molecule has 0 saturated heterocycles. The molecule has 0 spiro atoms. The summed E-state index contributed by atoms with van der Waals surface area (Å²) in [5, 5.41) is 3.01. The molecule has 0 aromatic heterocycles. The van der Waals surface area contributed by atoms with Gasteiger partial charge in [0.05, 0.1) is 11.4 Å². The molecule has 0 fully saturated rings. The van der Waals surface area contributed by atoms with E-state index in [2.05, 4.69) is 35.3 Å². The third-order valence-electron chi connectivity index (χ3n) is 3.95. The fraction of sp³-hybridized carbons (Fsp3) is 0.188. The lowest BCUT2D eigenvalue weighted by molar-refractivity contribution is -0.117. The third-order valence-corrected chi connectivity index (χ3v) is 3.95. The summed E-state index contributed by atoms with van der Waals surface area (Å²) in [7, 11) is 0. The minimum absolute atomic E-state index is 0.0903. The van der Waals surface area contributed by atoms with Crippen molar-refractivity contribution >= 4 is 23.0 Å². The molecule has 0 bridgehead atoms. The summed E-state index contributed by atoms with van der Waals surface area (Å²) >= 11 is 0. The number of nitrogens with one attached hydrogen (secondary N) is 1. The Balaban J connectivity index is 1.96. The van der Waals surface area contributed by atoms with Gasteiger partial charge in [0.15, 0.2) is 0 Å². The van der Waals surface area contributed by atoms with E-state index >= 15 is 0 Å². The quantitative estimate of drug-likeness (QED) is 0.779. The fourth-order valence-corrected chi connectivity index (χ4v) is 3.06. The molecule has 3 nitrogen and oxygen atoms in total. The zero-order chi connectivity index (χ0) is 13.0. The maximum Gasteiger partial charge on any atom is 0.247 e. The molecule has 4 rings (SSSR count). The Morgan fingerprint density at radius 1 is 1.16 bits per heavy atom. The van der Waals surface area contributed by atoms with Gasteiger partial charge < -0.3 is 10.2 Å². The zero-order valence-corrected chi connectivity index (χ0v) is 10.7. The highest BCUT2D eigenvalue weighted by molar-refractivity contribution is 6.07. The Labute approximate surface area is 111 Å². The van der Waals surface area contributed by atoms with Gasteiger partial charge in [-0.2, -0.15) is 0 Å². The average molecular weight is 250 g/mol. The van der Waals surface area contributed by atoms with Gasteiger partial charge in [-0.1, -0.05) is 24.3 Å². The van der Waals surface area contributed by atoms with Crippen molar-refractivity contribution in [1.82, 2.24) is 0 Å². The molecule has 2 aromatic rings. The second kappa shape index (κ2) is 3.60. The largest absolute Gasteiger partial charge is 0.327 e. The number of nitrogens with zero attached hydrogens (tertiary/aromatic N) is 1. The summed E-state index contributed by atoms with van der Waals surface area (Å²) in [6.45, 7) is 2.08. The van der Waals surface area contributed by atoms with E-state index in [1.807, 2.05) is 24.3 Å². The van der Waals surface area contributed by atoms with Crippen LogP contribution in [0.15, 0.2) is 42.5 Å². The van der Waals surface area contributed by atoms with Gasteiger partial charge in [0.1, 0.15) is 6.04 Å². The minimum atomic E-state index is -0.105. The molecule has 2 heterocycles. The van der Waals surface area contributed by atoms with Gasteiger partial charge in [-0.15, -0.1) is 0 Å². The SMILES string of the molecule is Cc1ccc2c(c1)N1c3ccccc3CC1C(=O)N2. The molecule has 1 N–H and O–H groups in total. The molecule has 0 aliphatic carbocycles. The first-order valence-corrected chi connectivity index (χ1v) is 6.53. The van der Waals surface area contributed by atoms with Crippen LogP contribution in [0.1, 0.15) is 11.1 Å². The molecule has 3 heteroatoms. The molecule has 0 saturated carbocycles. The summed E-state index contributed by atoms with van der Waals surface area (Å²) in [5.41, 5.74) is 5.63. The predicted octanol–water partition coefficient (Wildman–Crippen LogP) is 3.01. The number of para-hydroxylation sites is 1. The molecule has 19 heavy (non-hydrogen) atoms. The average Bonchev–Trinajstić information content (AvgIpc) is 2.80. The highest BCUT2D eigenvalue weighted by Gasteiger charge is 2.39. The number of aryl methyl sites for hydroxylation is 1. The molecule has 2 aliphatic rings. The molecule has 1 amide bonds. The fourth-order valence-electron chi connectivity index (χ4n) is 3.06. The lowest BCUT2D eigenvalue weighted by atomic mass is 10.1. The van der Waals surface area contributed by atoms with Crippen molar-refractivity contribution in [3.63, 3.8) is 0 Å². The first kappa shape index (κ1) is 10.6. The van der Waals surface area contributed by atoms with Gasteiger partial charge in [0.2, 0.25) is 5.91 Å². The van der Waals surface area contributed by atoms with E-state index in [0.29, 0.717) is 0 Å². The lowest BCUT2D eigenvalue weighted by Gasteiger charge is -2.33. The third kappa shape index (κ3) is 1.41. The Kier molecular flexibility index (Phi) is 2.01. The van der Waals surface area contributed by atoms with E-state index in [1.54, 1.807) is 0 Å². The second-order valence-corrected chi connectivity index (χ2v) is 5.23. The summed E-state index contributed by atoms with van der Waals surface area (Å²) in [5.74, 6) is 0.0903. The van der Waals surface area contributed by atoms with E-state index in [4.69, 9.17) is 0 Å². The second-order valence-electron chi connectivity index (χ2n) is 5.23. The van der Waals surface area contributed by atoms with Crippen LogP contribution in [-0.4, -0.2) is 11.9 Å². The predicted molar refractivity (Wildman–Crippen MR) is 75.9 cm³/mol. The maximum absolute atomic E-state index is 12.2. The van der Waals surface area contributed by atoms with Gasteiger partial charge >= 0.3 is 0 Å². The number of hydrogen-bond donors (Lipinski definition) is 1. The normalized spacial score (nSPS) is 19.5. The van der Waals surface area contributed by atoms with Crippen molar-refractivity contribution in [3.8, 4) is 0 Å². The Morgan fingerprint density at radius 3 is 2.89 bits per heavy atom. The Bertz CT molecular complexity index is 693. The van der Waals surface area contributed by atoms with Crippen molar-refractivity contribution in [2.75, 3.05) is 10.2 Å². The van der Waals surface area contributed by atoms with Gasteiger partial charge in [0, 0.05) is 12.1 Å². The van der Waals surface area contributed by atoms with Crippen LogP contribution in [0, 0.1) is 6.92 Å². The standard InChI is InChI=1S/C16H14N2O/c1-10-6-7-12-14(8-10)18-13-5-3-2-4-11(13)9-15(18)16(19)17-12/h2-8,15H,9H2,1H3,(H,17,19). The van der Waals surface area contributed by atoms with Crippen LogP contribution >= 0.6 is 0 Å². The first-order valence-electron chi connectivity index (χ1n) is 6.53. The van der Waals surface area contributed by atoms with E-state index in [1.165, 1.54) is 11.1 Å². The van der Waals surface area contributed by atoms with E-state index < -0.39 is 0 Å². The van der Waals surface area contributed by atoms with E-state index in [-0.39, 0.29) is 11.9 Å². The summed E-state index contributed by atoms with van der Waals surface area (Å²) in [6.07, 6.45) is 0.787. The maximum atomic E-state index is 12.2. The van der Waals surface area contributed by atoms with E-state index in [0.717, 1.165) is 23.5 Å². The van der Waals surface area contributed by atoms with Crippen LogP contribution in [-0.2, 0) is 11.2 Å². The summed E-state index contributed by atoms with van der Waals surface area (Å²) in [4.78, 5) is 14.4. The van der Waals surface area contributed by atoms with Crippen LogP contribution in [0.5, 0.6) is 0 Å². The highest BCUT2D eigenvalue weighted by atomic mass is 16.2. The van der Waals surface area contributed by atoms with Crippen molar-refractivity contribution in [2.24, 2.45) is 0 Å². The number of carbonyl (C=O) groups excluding carboxylic acids is 1. The van der Waals surface area contributed by atoms with Crippen molar-refractivity contribution in [2.45, 2.75) is 19.4 Å². The van der Waals surface area contributed by atoms with Gasteiger partial charge in [-0.3, -0.25) is 4.79 Å². The number of amides is 1. The first-order chi connectivity index (χ1) is 9.24. The molecule has 1 atom stereocenters. The topological polar surface area (TPSA) is 32.3 Å². The van der Waals surface area contributed by atoms with Gasteiger partial charge in [0.25, 0.3) is 0 Å². The number of anilines is 3. The molecule has 94 valence electrons. The van der Waals surface area contributed by atoms with E-state index in [9.17, 15) is 4.79 Å². The Morgan fingerprint density at radius 2 is 2.00 bits per heavy atom. The number of fused-ring (bicyclic) bond motifs is 5. The van der Waals surface area contributed by atoms with Gasteiger partial charge in [-0.05, 0) is 36.2 Å². The molecular weight excluding hydrogens is 236 g/mol. The molecule has 1 unspecified atom stereocenters. The smallest absolute Gasteiger partial charge is 0.247 e. The van der Waals surface area contributed by atoms with Crippen molar-refractivity contribution in [3.05, 3.63) is 53.6 Å². The van der Waals surface area contributed by atoms with Crippen molar-refractivity contribution in [1.29, 1.82) is 0 Å². The molecule has 2 aromatic carbocycles. The van der Waals surface area contributed by atoms with Crippen molar-refractivity contribution < 1.29 is 4.79 Å². The zero-order valence-electron chi connectivity index (χ0n) is 10.7. The summed E-state index contributed by atoms with van der Waals surface area (Å²) < 4.78 is 0. The van der Waals surface area contributed by atoms with Gasteiger partial charge in [-0.25, -0.2) is 0 Å².